The van der Waals surface area contributed by atoms with Crippen molar-refractivity contribution in [1.82, 2.24) is 20.0 Å². The van der Waals surface area contributed by atoms with Crippen LogP contribution in [0.15, 0.2) is 33.4 Å². The molecular formula is C14H13N5O2S2. The van der Waals surface area contributed by atoms with E-state index in [2.05, 4.69) is 20.6 Å². The van der Waals surface area contributed by atoms with Crippen molar-refractivity contribution in [3.63, 3.8) is 0 Å². The minimum absolute atomic E-state index is 0.183. The molecule has 1 amide bonds. The number of aryl methyl sites for hydroxylation is 1. The molecule has 0 aliphatic carbocycles. The minimum atomic E-state index is -0.416. The van der Waals surface area contributed by atoms with Gasteiger partial charge in [-0.05, 0) is 11.8 Å². The second kappa shape index (κ2) is 6.47. The minimum Gasteiger partial charge on any atom is -0.295 e. The highest BCUT2D eigenvalue weighted by atomic mass is 32.2. The maximum atomic E-state index is 12.5. The predicted octanol–water partition coefficient (Wildman–Crippen LogP) is 2.15. The molecule has 0 aliphatic rings. The third-order valence-electron chi connectivity index (χ3n) is 3.07. The first kappa shape index (κ1) is 15.6. The number of fused-ring (bicyclic) bond motifs is 1. The molecule has 0 radical (unpaired) electrons. The number of anilines is 1. The molecule has 0 bridgehead atoms. The van der Waals surface area contributed by atoms with Crippen LogP contribution >= 0.6 is 23.1 Å². The van der Waals surface area contributed by atoms with E-state index in [9.17, 15) is 9.59 Å². The summed E-state index contributed by atoms with van der Waals surface area (Å²) in [5, 5.41) is 16.1. The Kier molecular flexibility index (Phi) is 4.39. The number of amides is 1. The Hall–Kier alpha value is -2.26. The lowest BCUT2D eigenvalue weighted by Gasteiger charge is -2.07. The number of thioether (sulfide) groups is 1. The lowest BCUT2D eigenvalue weighted by atomic mass is 10.1. The van der Waals surface area contributed by atoms with E-state index in [-0.39, 0.29) is 11.3 Å². The summed E-state index contributed by atoms with van der Waals surface area (Å²) >= 11 is 2.86. The average Bonchev–Trinajstić information content (AvgIpc) is 2.98. The molecule has 0 atom stereocenters. The van der Waals surface area contributed by atoms with Crippen LogP contribution in [0.5, 0.6) is 0 Å². The molecule has 0 fully saturated rings. The Morgan fingerprint density at radius 1 is 1.30 bits per heavy atom. The van der Waals surface area contributed by atoms with Crippen LogP contribution in [0.3, 0.4) is 0 Å². The maximum Gasteiger partial charge on any atom is 0.278 e. The number of nitrogens with one attached hydrogen (secondary N) is 1. The second-order valence-electron chi connectivity index (χ2n) is 4.58. The molecule has 2 aromatic heterocycles. The summed E-state index contributed by atoms with van der Waals surface area (Å²) in [6.07, 6.45) is 0. The molecular weight excluding hydrogens is 334 g/mol. The van der Waals surface area contributed by atoms with Gasteiger partial charge in [-0.2, -0.15) is 5.10 Å². The SMILES string of the molecule is CCSc1nnc(NC(=O)c2nn(C)c(=O)c3ccccc23)s1. The fraction of sp³-hybridized carbons (Fsp3) is 0.214. The van der Waals surface area contributed by atoms with Gasteiger partial charge in [0.25, 0.3) is 11.5 Å². The molecule has 118 valence electrons. The molecule has 9 heteroatoms. The number of carbonyl (C=O) groups is 1. The molecule has 23 heavy (non-hydrogen) atoms. The molecule has 0 unspecified atom stereocenters. The monoisotopic (exact) mass is 347 g/mol. The van der Waals surface area contributed by atoms with Crippen LogP contribution in [-0.4, -0.2) is 31.6 Å². The van der Waals surface area contributed by atoms with Crippen LogP contribution in [0.2, 0.25) is 0 Å². The second-order valence-corrected chi connectivity index (χ2v) is 7.07. The standard InChI is InChI=1S/C14H13N5O2S2/c1-3-22-14-17-16-13(23-14)15-11(20)10-8-6-4-5-7-9(8)12(21)19(2)18-10/h4-7H,3H2,1-2H3,(H,15,16,20). The summed E-state index contributed by atoms with van der Waals surface area (Å²) in [7, 11) is 1.52. The van der Waals surface area contributed by atoms with Crippen molar-refractivity contribution >= 4 is 44.9 Å². The first-order valence-electron chi connectivity index (χ1n) is 6.84. The number of aromatic nitrogens is 4. The summed E-state index contributed by atoms with van der Waals surface area (Å²) in [6, 6.07) is 6.90. The van der Waals surface area contributed by atoms with E-state index in [4.69, 9.17) is 0 Å². The maximum absolute atomic E-state index is 12.5. The van der Waals surface area contributed by atoms with Gasteiger partial charge in [-0.25, -0.2) is 4.68 Å². The largest absolute Gasteiger partial charge is 0.295 e. The van der Waals surface area contributed by atoms with E-state index in [1.165, 1.54) is 18.4 Å². The lowest BCUT2D eigenvalue weighted by Crippen LogP contribution is -2.25. The average molecular weight is 347 g/mol. The number of hydrogen-bond donors (Lipinski definition) is 1. The van der Waals surface area contributed by atoms with Gasteiger partial charge in [0, 0.05) is 12.4 Å². The van der Waals surface area contributed by atoms with Crippen molar-refractivity contribution < 1.29 is 4.79 Å². The molecule has 0 saturated heterocycles. The van der Waals surface area contributed by atoms with Gasteiger partial charge in [-0.1, -0.05) is 48.2 Å². The highest BCUT2D eigenvalue weighted by Crippen LogP contribution is 2.25. The quantitative estimate of drug-likeness (QED) is 0.574. The number of carbonyl (C=O) groups excluding carboxylic acids is 1. The first-order chi connectivity index (χ1) is 11.1. The topological polar surface area (TPSA) is 89.8 Å². The normalized spacial score (nSPS) is 10.9. The highest BCUT2D eigenvalue weighted by molar-refractivity contribution is 8.01. The van der Waals surface area contributed by atoms with Gasteiger partial charge in [0.05, 0.1) is 5.39 Å². The van der Waals surface area contributed by atoms with Crippen LogP contribution in [-0.2, 0) is 7.05 Å². The Morgan fingerprint density at radius 3 is 2.78 bits per heavy atom. The third-order valence-corrected chi connectivity index (χ3v) is 4.92. The van der Waals surface area contributed by atoms with E-state index < -0.39 is 5.91 Å². The summed E-state index contributed by atoms with van der Waals surface area (Å²) in [6.45, 7) is 2.02. The van der Waals surface area contributed by atoms with Crippen LogP contribution < -0.4 is 10.9 Å². The zero-order valence-electron chi connectivity index (χ0n) is 12.4. The summed E-state index contributed by atoms with van der Waals surface area (Å²) in [5.74, 6) is 0.469. The lowest BCUT2D eigenvalue weighted by molar-refractivity contribution is 0.102. The number of nitrogens with zero attached hydrogens (tertiary/aromatic N) is 4. The third kappa shape index (κ3) is 3.10. The van der Waals surface area contributed by atoms with Gasteiger partial charge in [-0.15, -0.1) is 10.2 Å². The van der Waals surface area contributed by atoms with Crippen molar-refractivity contribution in [2.45, 2.75) is 11.3 Å². The van der Waals surface area contributed by atoms with E-state index in [0.717, 1.165) is 14.8 Å². The number of benzene rings is 1. The van der Waals surface area contributed by atoms with Crippen molar-refractivity contribution in [2.24, 2.45) is 7.05 Å². The van der Waals surface area contributed by atoms with E-state index in [1.807, 2.05) is 6.92 Å². The summed E-state index contributed by atoms with van der Waals surface area (Å²) in [4.78, 5) is 24.6. The van der Waals surface area contributed by atoms with Crippen molar-refractivity contribution in [2.75, 3.05) is 11.1 Å². The van der Waals surface area contributed by atoms with Gasteiger partial charge in [0.1, 0.15) is 0 Å². The fourth-order valence-corrected chi connectivity index (χ4v) is 3.71. The molecule has 3 aromatic rings. The molecule has 2 heterocycles. The van der Waals surface area contributed by atoms with E-state index in [1.54, 1.807) is 36.0 Å². The number of rotatable bonds is 4. The number of hydrogen-bond acceptors (Lipinski definition) is 7. The summed E-state index contributed by atoms with van der Waals surface area (Å²) < 4.78 is 1.96. The Bertz CT molecular complexity index is 934. The predicted molar refractivity (Wildman–Crippen MR) is 91.2 cm³/mol. The zero-order valence-corrected chi connectivity index (χ0v) is 14.1. The van der Waals surface area contributed by atoms with Crippen molar-refractivity contribution in [1.29, 1.82) is 0 Å². The Morgan fingerprint density at radius 2 is 2.04 bits per heavy atom. The fourth-order valence-electron chi connectivity index (χ4n) is 2.07. The molecule has 7 nitrogen and oxygen atoms in total. The van der Waals surface area contributed by atoms with Crippen LogP contribution in [0.25, 0.3) is 10.8 Å². The van der Waals surface area contributed by atoms with Gasteiger partial charge < -0.3 is 0 Å². The zero-order chi connectivity index (χ0) is 16.4. The van der Waals surface area contributed by atoms with Gasteiger partial charge >= 0.3 is 0 Å². The van der Waals surface area contributed by atoms with Gasteiger partial charge in [-0.3, -0.25) is 14.9 Å². The smallest absolute Gasteiger partial charge is 0.278 e. The van der Waals surface area contributed by atoms with Crippen LogP contribution in [0, 0.1) is 0 Å². The van der Waals surface area contributed by atoms with Gasteiger partial charge in [0.2, 0.25) is 5.13 Å². The van der Waals surface area contributed by atoms with E-state index in [0.29, 0.717) is 15.9 Å². The highest BCUT2D eigenvalue weighted by Gasteiger charge is 2.17. The first-order valence-corrected chi connectivity index (χ1v) is 8.64. The van der Waals surface area contributed by atoms with Crippen LogP contribution in [0.4, 0.5) is 5.13 Å². The van der Waals surface area contributed by atoms with Gasteiger partial charge in [0.15, 0.2) is 10.0 Å². The molecule has 3 rings (SSSR count). The molecule has 0 aliphatic heterocycles. The van der Waals surface area contributed by atoms with E-state index >= 15 is 0 Å². The summed E-state index contributed by atoms with van der Waals surface area (Å²) in [5.41, 5.74) is -0.0581. The molecule has 1 N–H and O–H groups in total. The van der Waals surface area contributed by atoms with Crippen molar-refractivity contribution in [3.05, 3.63) is 40.3 Å². The van der Waals surface area contributed by atoms with Crippen molar-refractivity contribution in [3.8, 4) is 0 Å². The molecule has 0 saturated carbocycles. The molecule has 0 spiro atoms. The Balaban J connectivity index is 1.97. The Labute approximate surface area is 139 Å². The molecule has 1 aromatic carbocycles. The van der Waals surface area contributed by atoms with Crippen LogP contribution in [0.1, 0.15) is 17.4 Å².